The van der Waals surface area contributed by atoms with Crippen molar-refractivity contribution < 1.29 is 19.5 Å². The van der Waals surface area contributed by atoms with E-state index in [4.69, 9.17) is 5.11 Å². The summed E-state index contributed by atoms with van der Waals surface area (Å²) in [6, 6.07) is -0.390. The zero-order valence-corrected chi connectivity index (χ0v) is 12.9. The lowest BCUT2D eigenvalue weighted by Gasteiger charge is -2.31. The zero-order valence-electron chi connectivity index (χ0n) is 12.9. The van der Waals surface area contributed by atoms with E-state index in [1.165, 1.54) is 11.9 Å². The monoisotopic (exact) mass is 299 g/mol. The molecule has 0 radical (unpaired) electrons. The smallest absolute Gasteiger partial charge is 0.318 e. The van der Waals surface area contributed by atoms with Crippen LogP contribution < -0.4 is 10.6 Å². The first kappa shape index (κ1) is 17.3. The van der Waals surface area contributed by atoms with Gasteiger partial charge in [-0.15, -0.1) is 0 Å². The molecule has 0 aliphatic heterocycles. The number of likely N-dealkylation sites (N-methyl/N-ethyl adjacent to an activating group) is 1. The van der Waals surface area contributed by atoms with E-state index >= 15 is 0 Å². The highest BCUT2D eigenvalue weighted by molar-refractivity contribution is 5.84. The molecule has 0 aromatic rings. The van der Waals surface area contributed by atoms with Crippen LogP contribution in [0.1, 0.15) is 46.0 Å². The minimum atomic E-state index is -0.919. The summed E-state index contributed by atoms with van der Waals surface area (Å²) in [5.74, 6) is -1.15. The summed E-state index contributed by atoms with van der Waals surface area (Å²) in [5.41, 5.74) is -0.675. The summed E-state index contributed by atoms with van der Waals surface area (Å²) in [6.07, 6.45) is 3.06. The van der Waals surface area contributed by atoms with Gasteiger partial charge in [0.05, 0.1) is 12.0 Å². The van der Waals surface area contributed by atoms with E-state index in [2.05, 4.69) is 10.6 Å². The number of hydrogen-bond donors (Lipinski definition) is 3. The first-order valence-electron chi connectivity index (χ1n) is 7.28. The van der Waals surface area contributed by atoms with Crippen molar-refractivity contribution in [3.8, 4) is 0 Å². The van der Waals surface area contributed by atoms with Gasteiger partial charge in [-0.1, -0.05) is 12.8 Å². The Bertz CT molecular complexity index is 403. The maximum atomic E-state index is 12.1. The Morgan fingerprint density at radius 1 is 1.24 bits per heavy atom. The molecule has 3 N–H and O–H groups in total. The van der Waals surface area contributed by atoms with Gasteiger partial charge in [0.15, 0.2) is 0 Å². The lowest BCUT2D eigenvalue weighted by molar-refractivity contribution is -0.138. The van der Waals surface area contributed by atoms with Crippen molar-refractivity contribution in [2.75, 3.05) is 13.6 Å². The molecule has 21 heavy (non-hydrogen) atoms. The van der Waals surface area contributed by atoms with Crippen molar-refractivity contribution >= 4 is 17.9 Å². The molecule has 1 rings (SSSR count). The number of nitrogens with zero attached hydrogens (tertiary/aromatic N) is 1. The average Bonchev–Trinajstić information content (AvgIpc) is 2.74. The summed E-state index contributed by atoms with van der Waals surface area (Å²) < 4.78 is 0. The average molecular weight is 299 g/mol. The second kappa shape index (κ2) is 7.28. The van der Waals surface area contributed by atoms with Crippen LogP contribution in [0.2, 0.25) is 0 Å². The molecule has 1 aliphatic carbocycles. The Morgan fingerprint density at radius 2 is 1.81 bits per heavy atom. The minimum absolute atomic E-state index is 0.0159. The standard InChI is InChI=1S/C14H25N3O4/c1-10(2)15-11(18)9-17(3)13(21)16-14(8-12(19)20)6-4-5-7-14/h10H,4-9H2,1-3H3,(H,15,18)(H,16,21)(H,19,20). The third-order valence-corrected chi connectivity index (χ3v) is 3.60. The number of aliphatic carboxylic acids is 1. The number of carboxylic acid groups (broad SMARTS) is 1. The molecule has 1 aliphatic rings. The van der Waals surface area contributed by atoms with Gasteiger partial charge in [0.25, 0.3) is 0 Å². The Morgan fingerprint density at radius 3 is 2.29 bits per heavy atom. The molecular weight excluding hydrogens is 274 g/mol. The van der Waals surface area contributed by atoms with Gasteiger partial charge < -0.3 is 20.6 Å². The minimum Gasteiger partial charge on any atom is -0.481 e. The Labute approximate surface area is 125 Å². The number of nitrogens with one attached hydrogen (secondary N) is 2. The van der Waals surface area contributed by atoms with Crippen LogP contribution in [0, 0.1) is 0 Å². The lowest BCUT2D eigenvalue weighted by Crippen LogP contribution is -2.53. The normalized spacial score (nSPS) is 16.6. The van der Waals surface area contributed by atoms with E-state index in [1.54, 1.807) is 0 Å². The number of carbonyl (C=O) groups is 3. The number of hydrogen-bond acceptors (Lipinski definition) is 3. The Hall–Kier alpha value is -1.79. The van der Waals surface area contributed by atoms with Crippen molar-refractivity contribution in [1.82, 2.24) is 15.5 Å². The molecule has 0 atom stereocenters. The molecule has 0 aromatic carbocycles. The van der Waals surface area contributed by atoms with Gasteiger partial charge in [-0.25, -0.2) is 4.79 Å². The second-order valence-electron chi connectivity index (χ2n) is 6.07. The maximum absolute atomic E-state index is 12.1. The highest BCUT2D eigenvalue weighted by Gasteiger charge is 2.38. The van der Waals surface area contributed by atoms with Crippen molar-refractivity contribution in [2.24, 2.45) is 0 Å². The molecule has 1 saturated carbocycles. The van der Waals surface area contributed by atoms with Gasteiger partial charge in [0.1, 0.15) is 6.54 Å². The van der Waals surface area contributed by atoms with Crippen LogP contribution >= 0.6 is 0 Å². The maximum Gasteiger partial charge on any atom is 0.318 e. The van der Waals surface area contributed by atoms with Crippen molar-refractivity contribution in [3.63, 3.8) is 0 Å². The van der Waals surface area contributed by atoms with Crippen LogP contribution in [0.3, 0.4) is 0 Å². The molecule has 1 fully saturated rings. The van der Waals surface area contributed by atoms with E-state index in [9.17, 15) is 14.4 Å². The van der Waals surface area contributed by atoms with Gasteiger partial charge in [-0.3, -0.25) is 9.59 Å². The van der Waals surface area contributed by atoms with E-state index in [1.807, 2.05) is 13.8 Å². The quantitative estimate of drug-likeness (QED) is 0.679. The van der Waals surface area contributed by atoms with Gasteiger partial charge in [-0.2, -0.15) is 0 Å². The molecule has 0 unspecified atom stereocenters. The van der Waals surface area contributed by atoms with Gasteiger partial charge in [0, 0.05) is 13.1 Å². The molecule has 3 amide bonds. The van der Waals surface area contributed by atoms with E-state index in [-0.39, 0.29) is 24.9 Å². The highest BCUT2D eigenvalue weighted by atomic mass is 16.4. The summed E-state index contributed by atoms with van der Waals surface area (Å²) in [4.78, 5) is 36.0. The molecular formula is C14H25N3O4. The summed E-state index contributed by atoms with van der Waals surface area (Å²) in [6.45, 7) is 3.64. The first-order chi connectivity index (χ1) is 9.74. The van der Waals surface area contributed by atoms with Crippen LogP contribution in [-0.2, 0) is 9.59 Å². The van der Waals surface area contributed by atoms with E-state index in [0.29, 0.717) is 12.8 Å². The highest BCUT2D eigenvalue weighted by Crippen LogP contribution is 2.32. The fraction of sp³-hybridized carbons (Fsp3) is 0.786. The van der Waals surface area contributed by atoms with Crippen LogP contribution in [-0.4, -0.2) is 53.1 Å². The van der Waals surface area contributed by atoms with Crippen LogP contribution in [0.4, 0.5) is 4.79 Å². The number of urea groups is 1. The van der Waals surface area contributed by atoms with Gasteiger partial charge >= 0.3 is 12.0 Å². The zero-order chi connectivity index (χ0) is 16.0. The number of carboxylic acids is 1. The van der Waals surface area contributed by atoms with Crippen molar-refractivity contribution in [2.45, 2.75) is 57.5 Å². The second-order valence-corrected chi connectivity index (χ2v) is 6.07. The molecule has 0 aromatic heterocycles. The topological polar surface area (TPSA) is 98.7 Å². The predicted octanol–water partition coefficient (Wildman–Crippen LogP) is 0.940. The first-order valence-corrected chi connectivity index (χ1v) is 7.28. The van der Waals surface area contributed by atoms with Crippen molar-refractivity contribution in [3.05, 3.63) is 0 Å². The molecule has 7 heteroatoms. The fourth-order valence-electron chi connectivity index (χ4n) is 2.66. The third kappa shape index (κ3) is 5.61. The summed E-state index contributed by atoms with van der Waals surface area (Å²) in [7, 11) is 1.53. The van der Waals surface area contributed by atoms with Crippen LogP contribution in [0.25, 0.3) is 0 Å². The molecule has 120 valence electrons. The Kier molecular flexibility index (Phi) is 5.99. The number of rotatable bonds is 6. The van der Waals surface area contributed by atoms with Gasteiger partial charge in [0.2, 0.25) is 5.91 Å². The summed E-state index contributed by atoms with van der Waals surface area (Å²) >= 11 is 0. The predicted molar refractivity (Wildman–Crippen MR) is 77.9 cm³/mol. The van der Waals surface area contributed by atoms with Crippen LogP contribution in [0.5, 0.6) is 0 Å². The number of amides is 3. The summed E-state index contributed by atoms with van der Waals surface area (Å²) in [5, 5.41) is 14.5. The van der Waals surface area contributed by atoms with E-state index in [0.717, 1.165) is 12.8 Å². The Balaban J connectivity index is 2.57. The van der Waals surface area contributed by atoms with Crippen molar-refractivity contribution in [1.29, 1.82) is 0 Å². The molecule has 7 nitrogen and oxygen atoms in total. The molecule has 0 bridgehead atoms. The molecule has 0 saturated heterocycles. The van der Waals surface area contributed by atoms with E-state index < -0.39 is 17.5 Å². The van der Waals surface area contributed by atoms with Gasteiger partial charge in [-0.05, 0) is 26.7 Å². The fourth-order valence-corrected chi connectivity index (χ4v) is 2.66. The third-order valence-electron chi connectivity index (χ3n) is 3.60. The molecule has 0 heterocycles. The molecule has 0 spiro atoms. The SMILES string of the molecule is CC(C)NC(=O)CN(C)C(=O)NC1(CC(=O)O)CCCC1. The van der Waals surface area contributed by atoms with Crippen LogP contribution in [0.15, 0.2) is 0 Å². The largest absolute Gasteiger partial charge is 0.481 e. The lowest BCUT2D eigenvalue weighted by atomic mass is 9.93. The number of carbonyl (C=O) groups excluding carboxylic acids is 2.